The van der Waals surface area contributed by atoms with Crippen LogP contribution in [0.25, 0.3) is 0 Å². The van der Waals surface area contributed by atoms with Gasteiger partial charge in [0, 0.05) is 12.6 Å². The van der Waals surface area contributed by atoms with Crippen LogP contribution in [0.2, 0.25) is 0 Å². The predicted octanol–water partition coefficient (Wildman–Crippen LogP) is 2.67. The number of likely N-dealkylation sites (N-methyl/N-ethyl adjacent to an activating group) is 1. The standard InChI is InChI=1S/C19H18N4O/c1-22-16-8-5-9-17(16)23(19(22)24)18-13-12-15(20-21-18)11-10-14-6-3-2-4-7-14/h2-4,6-7,12-13,16-17H,5,8-9H2,1H3/t16-,17+/m0/s1. The first-order valence-corrected chi connectivity index (χ1v) is 8.21. The first-order chi connectivity index (χ1) is 11.7. The normalized spacial score (nSPS) is 22.3. The van der Waals surface area contributed by atoms with Crippen LogP contribution in [-0.2, 0) is 0 Å². The van der Waals surface area contributed by atoms with Gasteiger partial charge < -0.3 is 4.90 Å². The third-order valence-electron chi connectivity index (χ3n) is 4.79. The fourth-order valence-electron chi connectivity index (χ4n) is 3.57. The predicted molar refractivity (Wildman–Crippen MR) is 91.5 cm³/mol. The number of hydrogen-bond donors (Lipinski definition) is 0. The summed E-state index contributed by atoms with van der Waals surface area (Å²) in [4.78, 5) is 16.1. The lowest BCUT2D eigenvalue weighted by Gasteiger charge is -2.20. The number of fused-ring (bicyclic) bond motifs is 1. The molecule has 2 fully saturated rings. The number of hydrogen-bond acceptors (Lipinski definition) is 3. The number of anilines is 1. The maximum atomic E-state index is 12.5. The minimum absolute atomic E-state index is 0.0159. The number of nitrogens with zero attached hydrogens (tertiary/aromatic N) is 4. The number of urea groups is 1. The van der Waals surface area contributed by atoms with Crippen LogP contribution in [0.3, 0.4) is 0 Å². The zero-order valence-electron chi connectivity index (χ0n) is 13.5. The van der Waals surface area contributed by atoms with E-state index in [1.54, 1.807) is 4.90 Å². The maximum absolute atomic E-state index is 12.5. The van der Waals surface area contributed by atoms with Crippen LogP contribution in [-0.4, -0.2) is 40.3 Å². The molecule has 1 aliphatic heterocycles. The highest BCUT2D eigenvalue weighted by atomic mass is 16.2. The second kappa shape index (κ2) is 5.97. The smallest absolute Gasteiger partial charge is 0.322 e. The summed E-state index contributed by atoms with van der Waals surface area (Å²) in [5.74, 6) is 6.69. The van der Waals surface area contributed by atoms with E-state index in [0.29, 0.717) is 17.6 Å². The Hall–Kier alpha value is -2.87. The van der Waals surface area contributed by atoms with Gasteiger partial charge in [-0.25, -0.2) is 4.79 Å². The van der Waals surface area contributed by atoms with Gasteiger partial charge in [-0.3, -0.25) is 4.90 Å². The van der Waals surface area contributed by atoms with E-state index in [4.69, 9.17) is 0 Å². The van der Waals surface area contributed by atoms with Crippen molar-refractivity contribution in [1.29, 1.82) is 0 Å². The number of rotatable bonds is 1. The molecule has 2 heterocycles. The molecule has 2 atom stereocenters. The molecule has 2 amide bonds. The molecule has 5 nitrogen and oxygen atoms in total. The van der Waals surface area contributed by atoms with Crippen LogP contribution in [0.1, 0.15) is 30.5 Å². The Bertz CT molecular complexity index is 807. The van der Waals surface area contributed by atoms with Crippen LogP contribution in [0.15, 0.2) is 42.5 Å². The van der Waals surface area contributed by atoms with Gasteiger partial charge in [-0.1, -0.05) is 24.1 Å². The average Bonchev–Trinajstić information content (AvgIpc) is 3.18. The Morgan fingerprint density at radius 2 is 1.79 bits per heavy atom. The summed E-state index contributed by atoms with van der Waals surface area (Å²) in [5.41, 5.74) is 1.54. The molecule has 0 bridgehead atoms. The number of carbonyl (C=O) groups excluding carboxylic acids is 1. The Labute approximate surface area is 141 Å². The van der Waals surface area contributed by atoms with Crippen molar-refractivity contribution < 1.29 is 4.79 Å². The van der Waals surface area contributed by atoms with Crippen molar-refractivity contribution in [2.75, 3.05) is 11.9 Å². The molecular weight excluding hydrogens is 300 g/mol. The van der Waals surface area contributed by atoms with Crippen LogP contribution >= 0.6 is 0 Å². The van der Waals surface area contributed by atoms with Crippen molar-refractivity contribution in [1.82, 2.24) is 15.1 Å². The van der Waals surface area contributed by atoms with E-state index < -0.39 is 0 Å². The third-order valence-corrected chi connectivity index (χ3v) is 4.79. The average molecular weight is 318 g/mol. The van der Waals surface area contributed by atoms with Crippen LogP contribution in [0, 0.1) is 11.8 Å². The molecular formula is C19H18N4O. The molecule has 1 aliphatic carbocycles. The Balaban J connectivity index is 1.56. The summed E-state index contributed by atoms with van der Waals surface area (Å²) in [6.45, 7) is 0. The second-order valence-electron chi connectivity index (χ2n) is 6.22. The van der Waals surface area contributed by atoms with E-state index in [1.165, 1.54) is 0 Å². The zero-order chi connectivity index (χ0) is 16.5. The van der Waals surface area contributed by atoms with Gasteiger partial charge in [-0.2, -0.15) is 0 Å². The quantitative estimate of drug-likeness (QED) is 0.760. The van der Waals surface area contributed by atoms with E-state index in [1.807, 2.05) is 54.4 Å². The molecule has 2 aliphatic rings. The Morgan fingerprint density at radius 3 is 2.54 bits per heavy atom. The first kappa shape index (κ1) is 14.7. The lowest BCUT2D eigenvalue weighted by Crippen LogP contribution is -2.34. The molecule has 2 aromatic rings. The molecule has 120 valence electrons. The minimum Gasteiger partial charge on any atom is -0.322 e. The van der Waals surface area contributed by atoms with E-state index in [9.17, 15) is 4.79 Å². The van der Waals surface area contributed by atoms with Crippen LogP contribution in [0.5, 0.6) is 0 Å². The SMILES string of the molecule is CN1C(=O)N(c2ccc(C#Cc3ccccc3)nn2)[C@@H]2CCC[C@@H]21. The molecule has 5 heteroatoms. The summed E-state index contributed by atoms with van der Waals surface area (Å²) in [7, 11) is 1.87. The second-order valence-corrected chi connectivity index (χ2v) is 6.22. The molecule has 0 unspecified atom stereocenters. The van der Waals surface area contributed by atoms with E-state index in [2.05, 4.69) is 22.0 Å². The maximum Gasteiger partial charge on any atom is 0.326 e. The van der Waals surface area contributed by atoms with Gasteiger partial charge in [-0.05, 0) is 49.4 Å². The van der Waals surface area contributed by atoms with Gasteiger partial charge >= 0.3 is 6.03 Å². The molecule has 1 aromatic carbocycles. The van der Waals surface area contributed by atoms with Crippen molar-refractivity contribution in [2.45, 2.75) is 31.3 Å². The summed E-state index contributed by atoms with van der Waals surface area (Å²) < 4.78 is 0. The molecule has 0 spiro atoms. The van der Waals surface area contributed by atoms with Crippen molar-refractivity contribution in [3.05, 3.63) is 53.7 Å². The molecule has 24 heavy (non-hydrogen) atoms. The lowest BCUT2D eigenvalue weighted by molar-refractivity contribution is 0.218. The largest absolute Gasteiger partial charge is 0.326 e. The minimum atomic E-state index is 0.0159. The van der Waals surface area contributed by atoms with Crippen LogP contribution < -0.4 is 4.90 Å². The molecule has 0 radical (unpaired) electrons. The van der Waals surface area contributed by atoms with Crippen molar-refractivity contribution >= 4 is 11.8 Å². The molecule has 1 aromatic heterocycles. The fraction of sp³-hybridized carbons (Fsp3) is 0.316. The van der Waals surface area contributed by atoms with Gasteiger partial charge in [0.2, 0.25) is 0 Å². The van der Waals surface area contributed by atoms with Gasteiger partial charge in [0.1, 0.15) is 5.69 Å². The Morgan fingerprint density at radius 1 is 1.00 bits per heavy atom. The molecule has 1 saturated carbocycles. The highest BCUT2D eigenvalue weighted by Crippen LogP contribution is 2.36. The van der Waals surface area contributed by atoms with Gasteiger partial charge in [0.25, 0.3) is 0 Å². The summed E-state index contributed by atoms with van der Waals surface area (Å²) >= 11 is 0. The third kappa shape index (κ3) is 2.50. The zero-order valence-corrected chi connectivity index (χ0v) is 13.5. The molecule has 4 rings (SSSR count). The van der Waals surface area contributed by atoms with Crippen molar-refractivity contribution in [3.8, 4) is 11.8 Å². The van der Waals surface area contributed by atoms with Crippen LogP contribution in [0.4, 0.5) is 10.6 Å². The van der Waals surface area contributed by atoms with E-state index in [-0.39, 0.29) is 12.1 Å². The number of aromatic nitrogens is 2. The molecule has 0 N–H and O–H groups in total. The van der Waals surface area contributed by atoms with Gasteiger partial charge in [-0.15, -0.1) is 10.2 Å². The summed E-state index contributed by atoms with van der Waals surface area (Å²) in [5, 5.41) is 8.42. The highest BCUT2D eigenvalue weighted by Gasteiger charge is 2.47. The monoisotopic (exact) mass is 318 g/mol. The fourth-order valence-corrected chi connectivity index (χ4v) is 3.57. The topological polar surface area (TPSA) is 49.3 Å². The van der Waals surface area contributed by atoms with Crippen molar-refractivity contribution in [3.63, 3.8) is 0 Å². The van der Waals surface area contributed by atoms with Gasteiger partial charge in [0.15, 0.2) is 5.82 Å². The Kier molecular flexibility index (Phi) is 3.66. The van der Waals surface area contributed by atoms with E-state index >= 15 is 0 Å². The first-order valence-electron chi connectivity index (χ1n) is 8.21. The molecule has 1 saturated heterocycles. The number of benzene rings is 1. The number of amides is 2. The van der Waals surface area contributed by atoms with E-state index in [0.717, 1.165) is 24.8 Å². The number of carbonyl (C=O) groups is 1. The van der Waals surface area contributed by atoms with Gasteiger partial charge in [0.05, 0.1) is 12.1 Å². The summed E-state index contributed by atoms with van der Waals surface area (Å²) in [6.07, 6.45) is 3.24. The van der Waals surface area contributed by atoms with Crippen molar-refractivity contribution in [2.24, 2.45) is 0 Å². The summed E-state index contributed by atoms with van der Waals surface area (Å²) in [6, 6.07) is 14.0. The lowest BCUT2D eigenvalue weighted by atomic mass is 10.2. The highest BCUT2D eigenvalue weighted by molar-refractivity contribution is 5.94.